The van der Waals surface area contributed by atoms with Gasteiger partial charge in [-0.1, -0.05) is 17.2 Å². The smallest absolute Gasteiger partial charge is 0.362 e. The fourth-order valence-corrected chi connectivity index (χ4v) is 1.05. The fraction of sp³-hybridized carbons (Fsp3) is 0.455. The van der Waals surface area contributed by atoms with Gasteiger partial charge in [-0.2, -0.15) is 5.10 Å². The number of guanidine groups is 1. The zero-order valence-electron chi connectivity index (χ0n) is 10.9. The maximum Gasteiger partial charge on any atom is 0.362 e. The minimum Gasteiger partial charge on any atom is -0.364 e. The van der Waals surface area contributed by atoms with Crippen LogP contribution in [0, 0.1) is 4.91 Å². The average Bonchev–Trinajstić information content (AvgIpc) is 2.23. The van der Waals surface area contributed by atoms with E-state index in [2.05, 4.69) is 30.1 Å². The number of nitrogens with two attached hydrogens (primary N) is 1. The third-order valence-electron chi connectivity index (χ3n) is 1.89. The predicted octanol–water partition coefficient (Wildman–Crippen LogP) is 1.65. The Kier molecular flexibility index (Phi) is 7.83. The topological polar surface area (TPSA) is 103 Å². The van der Waals surface area contributed by atoms with Crippen molar-refractivity contribution < 1.29 is 10.2 Å². The first-order valence-corrected chi connectivity index (χ1v) is 5.50. The molecule has 4 N–H and O–H groups in total. The van der Waals surface area contributed by atoms with Crippen LogP contribution in [0.2, 0.25) is 0 Å². The molecule has 0 radical (unpaired) electrons. The molecule has 0 atom stereocenters. The van der Waals surface area contributed by atoms with Crippen molar-refractivity contribution in [2.24, 2.45) is 15.9 Å². The van der Waals surface area contributed by atoms with Crippen LogP contribution in [0.5, 0.6) is 0 Å². The molecule has 0 saturated carbocycles. The molecule has 100 valence electrons. The van der Waals surface area contributed by atoms with E-state index in [1.54, 1.807) is 5.43 Å². The second-order valence-electron chi connectivity index (χ2n) is 3.97. The van der Waals surface area contributed by atoms with Gasteiger partial charge in [-0.05, 0) is 45.1 Å². The third kappa shape index (κ3) is 10.3. The molecule has 0 bridgehead atoms. The number of rotatable bonds is 6. The molecule has 0 spiro atoms. The predicted molar refractivity (Wildman–Crippen MR) is 71.1 cm³/mol. The van der Waals surface area contributed by atoms with Crippen LogP contribution in [0.1, 0.15) is 33.6 Å². The minimum absolute atomic E-state index is 0.292. The summed E-state index contributed by atoms with van der Waals surface area (Å²) in [5.41, 5.74) is 9.45. The Morgan fingerprint density at radius 2 is 2.11 bits per heavy atom. The molecule has 0 aliphatic rings. The molecule has 0 fully saturated rings. The van der Waals surface area contributed by atoms with E-state index in [1.165, 1.54) is 11.8 Å². The summed E-state index contributed by atoms with van der Waals surface area (Å²) in [6, 6.07) is 0. The Hall–Kier alpha value is -2.18. The summed E-state index contributed by atoms with van der Waals surface area (Å²) in [5.74, 6) is -0.292. The molecule has 0 aliphatic carbocycles. The lowest BCUT2D eigenvalue weighted by atomic mass is 10.1. The van der Waals surface area contributed by atoms with Crippen molar-refractivity contribution in [3.63, 3.8) is 0 Å². The lowest BCUT2D eigenvalue weighted by molar-refractivity contribution is -0.822. The van der Waals surface area contributed by atoms with Crippen LogP contribution in [-0.4, -0.2) is 22.4 Å². The Morgan fingerprint density at radius 3 is 2.67 bits per heavy atom. The lowest BCUT2D eigenvalue weighted by Crippen LogP contribution is -2.36. The summed E-state index contributed by atoms with van der Waals surface area (Å²) in [6.45, 7) is 6.11. The standard InChI is InChI=1S/C11H20N5O2/c1-9(2)5-4-6-10(3)7-8-13-14-11(12)15-16(17)18/h5,7-8H,4,6H2,1-3H3,(H,17,18)(H3,12,14,15)/q+1/b10-7+,13-8+. The largest absolute Gasteiger partial charge is 0.364 e. The summed E-state index contributed by atoms with van der Waals surface area (Å²) in [7, 11) is 0. The van der Waals surface area contributed by atoms with Gasteiger partial charge in [0.25, 0.3) is 5.96 Å². The van der Waals surface area contributed by atoms with Crippen molar-refractivity contribution in [3.8, 4) is 0 Å². The Morgan fingerprint density at radius 1 is 1.44 bits per heavy atom. The first-order chi connectivity index (χ1) is 8.41. The van der Waals surface area contributed by atoms with Crippen molar-refractivity contribution in [3.05, 3.63) is 28.2 Å². The van der Waals surface area contributed by atoms with Crippen LogP contribution >= 0.6 is 0 Å². The highest BCUT2D eigenvalue weighted by atomic mass is 16.7. The zero-order valence-corrected chi connectivity index (χ0v) is 10.9. The van der Waals surface area contributed by atoms with Crippen molar-refractivity contribution in [2.75, 3.05) is 0 Å². The summed E-state index contributed by atoms with van der Waals surface area (Å²) in [4.78, 5) is 10.1. The normalized spacial score (nSPS) is 12.6. The highest BCUT2D eigenvalue weighted by molar-refractivity contribution is 5.78. The van der Waals surface area contributed by atoms with Crippen LogP contribution < -0.4 is 11.2 Å². The number of nitrogens with one attached hydrogen (secondary N) is 1. The van der Waals surface area contributed by atoms with Crippen molar-refractivity contribution >= 4 is 12.2 Å². The maximum atomic E-state index is 10.1. The van der Waals surface area contributed by atoms with Crippen LogP contribution in [0.25, 0.3) is 0 Å². The van der Waals surface area contributed by atoms with Gasteiger partial charge >= 0.3 is 5.03 Å². The van der Waals surface area contributed by atoms with E-state index in [0.717, 1.165) is 18.4 Å². The fourth-order valence-electron chi connectivity index (χ4n) is 1.05. The van der Waals surface area contributed by atoms with E-state index in [4.69, 9.17) is 10.9 Å². The molecular weight excluding hydrogens is 234 g/mol. The Labute approximate surface area is 106 Å². The molecule has 0 rings (SSSR count). The van der Waals surface area contributed by atoms with Crippen molar-refractivity contribution in [1.29, 1.82) is 0 Å². The van der Waals surface area contributed by atoms with Gasteiger partial charge in [0.1, 0.15) is 4.91 Å². The Balaban J connectivity index is 4.12. The molecule has 0 amide bonds. The number of hydrogen-bond donors (Lipinski definition) is 3. The minimum atomic E-state index is -0.547. The molecule has 18 heavy (non-hydrogen) atoms. The molecule has 0 aromatic carbocycles. The van der Waals surface area contributed by atoms with Gasteiger partial charge in [0.05, 0.1) is 0 Å². The summed E-state index contributed by atoms with van der Waals surface area (Å²) in [5, 5.41) is 14.8. The van der Waals surface area contributed by atoms with E-state index in [1.807, 2.05) is 13.0 Å². The van der Waals surface area contributed by atoms with Crippen LogP contribution in [0.15, 0.2) is 33.5 Å². The van der Waals surface area contributed by atoms with Crippen LogP contribution in [0.3, 0.4) is 0 Å². The molecular formula is C11H20N5O2+. The molecule has 7 heteroatoms. The molecule has 0 aromatic heterocycles. The molecule has 0 heterocycles. The second-order valence-corrected chi connectivity index (χ2v) is 3.97. The quantitative estimate of drug-likeness (QED) is 0.290. The summed E-state index contributed by atoms with van der Waals surface area (Å²) < 4.78 is 0. The van der Waals surface area contributed by atoms with E-state index in [-0.39, 0.29) is 5.96 Å². The van der Waals surface area contributed by atoms with E-state index >= 15 is 0 Å². The molecule has 7 nitrogen and oxygen atoms in total. The summed E-state index contributed by atoms with van der Waals surface area (Å²) >= 11 is 0. The average molecular weight is 254 g/mol. The first-order valence-electron chi connectivity index (χ1n) is 5.50. The van der Waals surface area contributed by atoms with E-state index in [0.29, 0.717) is 0 Å². The second kappa shape index (κ2) is 8.91. The van der Waals surface area contributed by atoms with Crippen LogP contribution in [-0.2, 0) is 0 Å². The molecule has 0 aliphatic heterocycles. The van der Waals surface area contributed by atoms with Crippen LogP contribution in [0.4, 0.5) is 0 Å². The van der Waals surface area contributed by atoms with Crippen molar-refractivity contribution in [2.45, 2.75) is 33.6 Å². The Bertz CT molecular complexity index is 392. The zero-order chi connectivity index (χ0) is 14.0. The van der Waals surface area contributed by atoms with Gasteiger partial charge in [-0.3, -0.25) is 0 Å². The number of allylic oxidation sites excluding steroid dienone is 4. The van der Waals surface area contributed by atoms with Gasteiger partial charge < -0.3 is 5.73 Å². The van der Waals surface area contributed by atoms with Gasteiger partial charge in [0.2, 0.25) is 0 Å². The number of nitrogens with zero attached hydrogens (tertiary/aromatic N) is 3. The first kappa shape index (κ1) is 15.8. The van der Waals surface area contributed by atoms with Gasteiger partial charge in [0, 0.05) is 6.21 Å². The van der Waals surface area contributed by atoms with Crippen molar-refractivity contribution in [1.82, 2.24) is 5.43 Å². The third-order valence-corrected chi connectivity index (χ3v) is 1.89. The molecule has 0 unspecified atom stereocenters. The highest BCUT2D eigenvalue weighted by Gasteiger charge is 2.02. The van der Waals surface area contributed by atoms with Gasteiger partial charge in [0.15, 0.2) is 0 Å². The van der Waals surface area contributed by atoms with E-state index < -0.39 is 5.03 Å². The van der Waals surface area contributed by atoms with E-state index in [9.17, 15) is 4.91 Å². The maximum absolute atomic E-state index is 10.1. The SMILES string of the molecule is CC(C)=CCC/C(C)=C/C=N/N=C(\N)N[N+](=O)O. The van der Waals surface area contributed by atoms with Gasteiger partial charge in [-0.25, -0.2) is 5.21 Å². The number of hydrazine groups is 1. The molecule has 0 aromatic rings. The molecule has 0 saturated heterocycles. The summed E-state index contributed by atoms with van der Waals surface area (Å²) in [6.07, 6.45) is 7.38. The highest BCUT2D eigenvalue weighted by Crippen LogP contribution is 2.05. The van der Waals surface area contributed by atoms with Gasteiger partial charge in [-0.15, -0.1) is 5.10 Å². The number of hydrogen-bond acceptors (Lipinski definition) is 3. The monoisotopic (exact) mass is 254 g/mol. The lowest BCUT2D eigenvalue weighted by Gasteiger charge is -1.95.